The third-order valence-electron chi connectivity index (χ3n) is 3.31. The minimum atomic E-state index is -4.21. The lowest BCUT2D eigenvalue weighted by Crippen LogP contribution is -2.14. The maximum absolute atomic E-state index is 11.1. The van der Waals surface area contributed by atoms with Gasteiger partial charge in [-0.2, -0.15) is 8.42 Å². The van der Waals surface area contributed by atoms with Crippen LogP contribution in [0.25, 0.3) is 0 Å². The fourth-order valence-electron chi connectivity index (χ4n) is 2.15. The second-order valence-corrected chi connectivity index (χ2v) is 6.85. The number of hydrogen-bond acceptors (Lipinski definition) is 6. The van der Waals surface area contributed by atoms with Gasteiger partial charge in [0.15, 0.2) is 5.82 Å². The summed E-state index contributed by atoms with van der Waals surface area (Å²) >= 11 is 4.27. The van der Waals surface area contributed by atoms with Crippen molar-refractivity contribution in [3.63, 3.8) is 0 Å². The SMILES string of the molecule is O=S(=O)(O)c1ccc(Nn2c(S)nnc2Cc2ccccc2)cc1. The summed E-state index contributed by atoms with van der Waals surface area (Å²) in [4.78, 5) is -0.174. The molecule has 0 saturated heterocycles. The molecule has 0 fully saturated rings. The van der Waals surface area contributed by atoms with E-state index in [2.05, 4.69) is 28.3 Å². The van der Waals surface area contributed by atoms with Crippen molar-refractivity contribution in [2.45, 2.75) is 16.5 Å². The molecule has 9 heteroatoms. The van der Waals surface area contributed by atoms with E-state index < -0.39 is 10.1 Å². The van der Waals surface area contributed by atoms with Crippen molar-refractivity contribution >= 4 is 28.4 Å². The zero-order chi connectivity index (χ0) is 17.2. The summed E-state index contributed by atoms with van der Waals surface area (Å²) in [5.74, 6) is 0.657. The normalized spacial score (nSPS) is 11.4. The van der Waals surface area contributed by atoms with Gasteiger partial charge >= 0.3 is 0 Å². The van der Waals surface area contributed by atoms with Crippen LogP contribution < -0.4 is 5.43 Å². The first-order valence-corrected chi connectivity index (χ1v) is 8.84. The summed E-state index contributed by atoms with van der Waals surface area (Å²) in [6, 6.07) is 15.5. The highest BCUT2D eigenvalue weighted by Crippen LogP contribution is 2.17. The summed E-state index contributed by atoms with van der Waals surface area (Å²) in [7, 11) is -4.21. The van der Waals surface area contributed by atoms with Gasteiger partial charge in [0.2, 0.25) is 5.16 Å². The first-order valence-electron chi connectivity index (χ1n) is 6.95. The zero-order valence-electron chi connectivity index (χ0n) is 12.4. The van der Waals surface area contributed by atoms with Gasteiger partial charge in [-0.05, 0) is 29.8 Å². The molecule has 1 heterocycles. The van der Waals surface area contributed by atoms with Crippen LogP contribution in [0.4, 0.5) is 5.69 Å². The van der Waals surface area contributed by atoms with Crippen molar-refractivity contribution in [3.8, 4) is 0 Å². The molecule has 1 aromatic heterocycles. The molecule has 3 rings (SSSR count). The summed E-state index contributed by atoms with van der Waals surface area (Å²) in [6.07, 6.45) is 0.560. The highest BCUT2D eigenvalue weighted by molar-refractivity contribution is 7.85. The van der Waals surface area contributed by atoms with Crippen LogP contribution in [0.2, 0.25) is 0 Å². The number of thiol groups is 1. The van der Waals surface area contributed by atoms with Gasteiger partial charge in [-0.1, -0.05) is 30.3 Å². The van der Waals surface area contributed by atoms with Gasteiger partial charge in [0, 0.05) is 6.42 Å². The van der Waals surface area contributed by atoms with Crippen LogP contribution in [0, 0.1) is 0 Å². The van der Waals surface area contributed by atoms with Gasteiger partial charge in [0.1, 0.15) is 0 Å². The minimum absolute atomic E-state index is 0.174. The molecule has 0 spiro atoms. The van der Waals surface area contributed by atoms with E-state index in [4.69, 9.17) is 4.55 Å². The Kier molecular flexibility index (Phi) is 4.56. The van der Waals surface area contributed by atoms with Crippen molar-refractivity contribution in [2.24, 2.45) is 0 Å². The lowest BCUT2D eigenvalue weighted by atomic mass is 10.1. The van der Waals surface area contributed by atoms with E-state index in [9.17, 15) is 8.42 Å². The molecule has 0 bridgehead atoms. The van der Waals surface area contributed by atoms with Gasteiger partial charge in [0.05, 0.1) is 10.6 Å². The summed E-state index contributed by atoms with van der Waals surface area (Å²) in [5.41, 5.74) is 4.73. The fourth-order valence-corrected chi connectivity index (χ4v) is 2.84. The lowest BCUT2D eigenvalue weighted by molar-refractivity contribution is 0.483. The van der Waals surface area contributed by atoms with Crippen LogP contribution in [0.1, 0.15) is 11.4 Å². The van der Waals surface area contributed by atoms with Crippen LogP contribution in [0.15, 0.2) is 64.6 Å². The molecule has 0 aliphatic heterocycles. The summed E-state index contributed by atoms with van der Waals surface area (Å²) in [5, 5.41) is 8.42. The van der Waals surface area contributed by atoms with E-state index in [1.54, 1.807) is 4.68 Å². The van der Waals surface area contributed by atoms with Gasteiger partial charge in [-0.15, -0.1) is 22.8 Å². The van der Waals surface area contributed by atoms with Crippen molar-refractivity contribution in [2.75, 3.05) is 5.43 Å². The molecule has 0 aliphatic carbocycles. The Morgan fingerprint density at radius 3 is 2.33 bits per heavy atom. The summed E-state index contributed by atoms with van der Waals surface area (Å²) in [6.45, 7) is 0. The zero-order valence-corrected chi connectivity index (χ0v) is 14.1. The van der Waals surface area contributed by atoms with Gasteiger partial charge < -0.3 is 0 Å². The molecular formula is C15H14N4O3S2. The van der Waals surface area contributed by atoms with E-state index in [1.807, 2.05) is 30.3 Å². The highest BCUT2D eigenvalue weighted by atomic mass is 32.2. The predicted molar refractivity (Wildman–Crippen MR) is 91.8 cm³/mol. The molecule has 0 aliphatic rings. The van der Waals surface area contributed by atoms with Gasteiger partial charge in [0.25, 0.3) is 10.1 Å². The van der Waals surface area contributed by atoms with E-state index in [0.29, 0.717) is 23.1 Å². The molecule has 2 aromatic carbocycles. The smallest absolute Gasteiger partial charge is 0.291 e. The first kappa shape index (κ1) is 16.5. The Morgan fingerprint density at radius 2 is 1.71 bits per heavy atom. The molecule has 0 amide bonds. The van der Waals surface area contributed by atoms with Crippen LogP contribution >= 0.6 is 12.6 Å². The average molecular weight is 362 g/mol. The number of anilines is 1. The Labute approximate surface area is 144 Å². The number of nitrogens with zero attached hydrogens (tertiary/aromatic N) is 3. The van der Waals surface area contributed by atoms with E-state index in [-0.39, 0.29) is 4.90 Å². The number of aromatic nitrogens is 3. The van der Waals surface area contributed by atoms with Crippen LogP contribution in [-0.2, 0) is 16.5 Å². The monoisotopic (exact) mass is 362 g/mol. The first-order chi connectivity index (χ1) is 11.4. The predicted octanol–water partition coefficient (Wildman–Crippen LogP) is 2.28. The molecule has 0 atom stereocenters. The third kappa shape index (κ3) is 3.75. The maximum Gasteiger partial charge on any atom is 0.294 e. The second kappa shape index (κ2) is 6.63. The highest BCUT2D eigenvalue weighted by Gasteiger charge is 2.12. The van der Waals surface area contributed by atoms with Crippen LogP contribution in [-0.4, -0.2) is 27.8 Å². The number of hydrogen-bond donors (Lipinski definition) is 3. The number of rotatable bonds is 5. The number of benzene rings is 2. The van der Waals surface area contributed by atoms with E-state index in [0.717, 1.165) is 5.56 Å². The van der Waals surface area contributed by atoms with Crippen molar-refractivity contribution in [1.29, 1.82) is 0 Å². The molecule has 7 nitrogen and oxygen atoms in total. The van der Waals surface area contributed by atoms with E-state index in [1.165, 1.54) is 24.3 Å². The van der Waals surface area contributed by atoms with E-state index >= 15 is 0 Å². The molecule has 24 heavy (non-hydrogen) atoms. The van der Waals surface area contributed by atoms with Crippen molar-refractivity contribution in [3.05, 3.63) is 66.0 Å². The average Bonchev–Trinajstić information content (AvgIpc) is 2.89. The maximum atomic E-state index is 11.1. The van der Waals surface area contributed by atoms with Crippen LogP contribution in [0.5, 0.6) is 0 Å². The topological polar surface area (TPSA) is 97.1 Å². The van der Waals surface area contributed by atoms with Crippen LogP contribution in [0.3, 0.4) is 0 Å². The van der Waals surface area contributed by atoms with Gasteiger partial charge in [-0.3, -0.25) is 9.98 Å². The molecule has 0 saturated carbocycles. The Morgan fingerprint density at radius 1 is 1.04 bits per heavy atom. The molecule has 2 N–H and O–H groups in total. The number of nitrogens with one attached hydrogen (secondary N) is 1. The molecular weight excluding hydrogens is 348 g/mol. The minimum Gasteiger partial charge on any atom is -0.291 e. The quantitative estimate of drug-likeness (QED) is 0.476. The molecule has 124 valence electrons. The standard InChI is InChI=1S/C15H14N4O3S2/c20-24(21,22)13-8-6-12(7-9-13)18-19-14(16-17-15(19)23)10-11-4-2-1-3-5-11/h1-9,18H,10H2,(H,17,23)(H,20,21,22). The third-order valence-corrected chi connectivity index (χ3v) is 4.47. The van der Waals surface area contributed by atoms with Crippen molar-refractivity contribution in [1.82, 2.24) is 14.9 Å². The molecule has 0 radical (unpaired) electrons. The lowest BCUT2D eigenvalue weighted by Gasteiger charge is -2.11. The second-order valence-electron chi connectivity index (χ2n) is 5.03. The molecule has 3 aromatic rings. The Balaban J connectivity index is 1.84. The van der Waals surface area contributed by atoms with Crippen molar-refractivity contribution < 1.29 is 13.0 Å². The largest absolute Gasteiger partial charge is 0.294 e. The Bertz CT molecular complexity index is 939. The molecule has 0 unspecified atom stereocenters. The Hall–Kier alpha value is -2.36. The summed E-state index contributed by atoms with van der Waals surface area (Å²) < 4.78 is 32.8. The fraction of sp³-hybridized carbons (Fsp3) is 0.0667. The van der Waals surface area contributed by atoms with Gasteiger partial charge in [-0.25, -0.2) is 4.68 Å².